The van der Waals surface area contributed by atoms with Crippen molar-refractivity contribution in [3.05, 3.63) is 71.4 Å². The average Bonchev–Trinajstić information content (AvgIpc) is 3.24. The summed E-state index contributed by atoms with van der Waals surface area (Å²) in [5.41, 5.74) is 3.84. The summed E-state index contributed by atoms with van der Waals surface area (Å²) >= 11 is 0. The van der Waals surface area contributed by atoms with E-state index >= 15 is 0 Å². The Kier molecular flexibility index (Phi) is 4.67. The highest BCUT2D eigenvalue weighted by atomic mass is 16.2. The molecule has 2 aromatic carbocycles. The summed E-state index contributed by atoms with van der Waals surface area (Å²) < 4.78 is 0. The van der Waals surface area contributed by atoms with Crippen molar-refractivity contribution in [1.29, 1.82) is 0 Å². The van der Waals surface area contributed by atoms with Crippen LogP contribution in [0.4, 0.5) is 0 Å². The molecule has 0 aliphatic carbocycles. The first-order valence-electron chi connectivity index (χ1n) is 9.43. The van der Waals surface area contributed by atoms with Gasteiger partial charge in [0.1, 0.15) is 0 Å². The van der Waals surface area contributed by atoms with Crippen LogP contribution in [0.15, 0.2) is 54.7 Å². The highest BCUT2D eigenvalue weighted by Gasteiger charge is 2.38. The van der Waals surface area contributed by atoms with Gasteiger partial charge in [-0.25, -0.2) is 0 Å². The van der Waals surface area contributed by atoms with Crippen LogP contribution in [0.3, 0.4) is 0 Å². The van der Waals surface area contributed by atoms with Gasteiger partial charge in [0.2, 0.25) is 5.91 Å². The number of aromatic nitrogens is 1. The number of carbonyl (C=O) groups is 2. The lowest BCUT2D eigenvalue weighted by Gasteiger charge is -2.25. The quantitative estimate of drug-likeness (QED) is 0.704. The molecule has 2 heterocycles. The zero-order valence-electron chi connectivity index (χ0n) is 15.4. The number of nitrogens with one attached hydrogen (secondary N) is 2. The van der Waals surface area contributed by atoms with Gasteiger partial charge in [-0.3, -0.25) is 9.59 Å². The normalized spacial score (nSPS) is 16.0. The molecule has 0 spiro atoms. The standard InChI is InChI=1S/C22H23N3O2/c1-2-12-23-20(26)11-13-25-21(16-8-3-4-9-17(16)22(25)27)18-14-24-19-10-6-5-7-15(18)19/h3-10,14,21,24H,2,11-13H2,1H3,(H,23,26)/t21-/m0/s1. The van der Waals surface area contributed by atoms with Gasteiger partial charge in [0.15, 0.2) is 0 Å². The molecule has 0 saturated heterocycles. The van der Waals surface area contributed by atoms with Gasteiger partial charge >= 0.3 is 0 Å². The summed E-state index contributed by atoms with van der Waals surface area (Å²) in [5, 5.41) is 3.99. The lowest BCUT2D eigenvalue weighted by atomic mass is 9.97. The number of H-pyrrole nitrogens is 1. The molecular weight excluding hydrogens is 338 g/mol. The molecule has 27 heavy (non-hydrogen) atoms. The first kappa shape index (κ1) is 17.3. The molecule has 0 radical (unpaired) electrons. The van der Waals surface area contributed by atoms with E-state index in [-0.39, 0.29) is 17.9 Å². The van der Waals surface area contributed by atoms with Gasteiger partial charge in [-0.2, -0.15) is 0 Å². The number of rotatable bonds is 6. The Balaban J connectivity index is 1.69. The molecule has 3 aromatic rings. The molecule has 2 N–H and O–H groups in total. The minimum atomic E-state index is -0.177. The van der Waals surface area contributed by atoms with Gasteiger partial charge in [-0.1, -0.05) is 43.3 Å². The zero-order valence-corrected chi connectivity index (χ0v) is 15.4. The molecule has 4 rings (SSSR count). The van der Waals surface area contributed by atoms with E-state index in [0.29, 0.717) is 19.5 Å². The number of hydrogen-bond acceptors (Lipinski definition) is 2. The molecule has 1 atom stereocenters. The van der Waals surface area contributed by atoms with Crippen LogP contribution in [0, 0.1) is 0 Å². The van der Waals surface area contributed by atoms with E-state index in [0.717, 1.165) is 34.0 Å². The number of benzene rings is 2. The third-order valence-electron chi connectivity index (χ3n) is 5.13. The molecule has 5 nitrogen and oxygen atoms in total. The van der Waals surface area contributed by atoms with Crippen molar-refractivity contribution in [3.63, 3.8) is 0 Å². The third kappa shape index (κ3) is 3.10. The Morgan fingerprint density at radius 2 is 1.89 bits per heavy atom. The number of aromatic amines is 1. The van der Waals surface area contributed by atoms with Crippen LogP contribution >= 0.6 is 0 Å². The maximum absolute atomic E-state index is 13.0. The maximum atomic E-state index is 13.0. The third-order valence-corrected chi connectivity index (χ3v) is 5.13. The summed E-state index contributed by atoms with van der Waals surface area (Å²) in [6.45, 7) is 3.08. The van der Waals surface area contributed by atoms with Crippen molar-refractivity contribution >= 4 is 22.7 Å². The van der Waals surface area contributed by atoms with Gasteiger partial charge in [0.25, 0.3) is 5.91 Å². The van der Waals surface area contributed by atoms with Crippen LogP contribution in [-0.4, -0.2) is 34.8 Å². The van der Waals surface area contributed by atoms with Gasteiger partial charge < -0.3 is 15.2 Å². The molecule has 138 valence electrons. The van der Waals surface area contributed by atoms with Crippen LogP contribution in [0.25, 0.3) is 10.9 Å². The van der Waals surface area contributed by atoms with Crippen molar-refractivity contribution in [1.82, 2.24) is 15.2 Å². The number of fused-ring (bicyclic) bond motifs is 2. The summed E-state index contributed by atoms with van der Waals surface area (Å²) in [6.07, 6.45) is 3.19. The van der Waals surface area contributed by atoms with Crippen LogP contribution in [0.5, 0.6) is 0 Å². The second-order valence-corrected chi connectivity index (χ2v) is 6.88. The Morgan fingerprint density at radius 3 is 2.74 bits per heavy atom. The van der Waals surface area contributed by atoms with Crippen molar-refractivity contribution in [3.8, 4) is 0 Å². The summed E-state index contributed by atoms with van der Waals surface area (Å²) in [5.74, 6) is -0.0255. The monoisotopic (exact) mass is 361 g/mol. The highest BCUT2D eigenvalue weighted by Crippen LogP contribution is 2.40. The summed E-state index contributed by atoms with van der Waals surface area (Å²) in [7, 11) is 0. The van der Waals surface area contributed by atoms with Gasteiger partial charge in [-0.05, 0) is 24.1 Å². The predicted octanol–water partition coefficient (Wildman–Crippen LogP) is 3.63. The average molecular weight is 361 g/mol. The molecule has 1 aliphatic heterocycles. The molecule has 0 unspecified atom stereocenters. The van der Waals surface area contributed by atoms with E-state index in [1.54, 1.807) is 0 Å². The minimum Gasteiger partial charge on any atom is -0.361 e. The van der Waals surface area contributed by atoms with Gasteiger partial charge in [-0.15, -0.1) is 0 Å². The fraction of sp³-hybridized carbons (Fsp3) is 0.273. The Bertz CT molecular complexity index is 992. The van der Waals surface area contributed by atoms with Crippen molar-refractivity contribution < 1.29 is 9.59 Å². The predicted molar refractivity (Wildman–Crippen MR) is 106 cm³/mol. The minimum absolute atomic E-state index is 0.0100. The second-order valence-electron chi connectivity index (χ2n) is 6.88. The van der Waals surface area contributed by atoms with Crippen LogP contribution < -0.4 is 5.32 Å². The van der Waals surface area contributed by atoms with Crippen LogP contribution in [0.2, 0.25) is 0 Å². The number of amides is 2. The first-order chi connectivity index (χ1) is 13.2. The van der Waals surface area contributed by atoms with Crippen molar-refractivity contribution in [2.45, 2.75) is 25.8 Å². The molecule has 0 fully saturated rings. The van der Waals surface area contributed by atoms with Crippen LogP contribution in [-0.2, 0) is 4.79 Å². The zero-order chi connectivity index (χ0) is 18.8. The summed E-state index contributed by atoms with van der Waals surface area (Å²) in [4.78, 5) is 30.3. The largest absolute Gasteiger partial charge is 0.361 e. The van der Waals surface area contributed by atoms with E-state index in [9.17, 15) is 9.59 Å². The number of carbonyl (C=O) groups excluding carboxylic acids is 2. The molecule has 2 amide bonds. The highest BCUT2D eigenvalue weighted by molar-refractivity contribution is 6.01. The van der Waals surface area contributed by atoms with E-state index < -0.39 is 0 Å². The lowest BCUT2D eigenvalue weighted by Crippen LogP contribution is -2.34. The molecule has 0 saturated carbocycles. The van der Waals surface area contributed by atoms with Gasteiger partial charge in [0.05, 0.1) is 6.04 Å². The van der Waals surface area contributed by atoms with Crippen molar-refractivity contribution in [2.75, 3.05) is 13.1 Å². The Labute approximate surface area is 158 Å². The van der Waals surface area contributed by atoms with E-state index in [1.807, 2.05) is 60.5 Å². The smallest absolute Gasteiger partial charge is 0.255 e. The fourth-order valence-electron chi connectivity index (χ4n) is 3.83. The SMILES string of the molecule is CCCNC(=O)CCN1C(=O)c2ccccc2[C@H]1c1c[nH]c2ccccc12. The van der Waals surface area contributed by atoms with Crippen LogP contribution in [0.1, 0.15) is 47.3 Å². The Morgan fingerprint density at radius 1 is 1.11 bits per heavy atom. The molecule has 5 heteroatoms. The fourth-order valence-corrected chi connectivity index (χ4v) is 3.83. The van der Waals surface area contributed by atoms with Crippen molar-refractivity contribution in [2.24, 2.45) is 0 Å². The van der Waals surface area contributed by atoms with E-state index in [1.165, 1.54) is 0 Å². The first-order valence-corrected chi connectivity index (χ1v) is 9.43. The summed E-state index contributed by atoms with van der Waals surface area (Å²) in [6, 6.07) is 15.7. The topological polar surface area (TPSA) is 65.2 Å². The number of para-hydroxylation sites is 1. The van der Waals surface area contributed by atoms with Gasteiger partial charge in [0, 0.05) is 47.7 Å². The molecule has 0 bridgehead atoms. The molecule has 1 aromatic heterocycles. The number of nitrogens with zero attached hydrogens (tertiary/aromatic N) is 1. The molecular formula is C22H23N3O2. The Hall–Kier alpha value is -3.08. The molecule has 1 aliphatic rings. The lowest BCUT2D eigenvalue weighted by molar-refractivity contribution is -0.121. The van der Waals surface area contributed by atoms with E-state index in [4.69, 9.17) is 0 Å². The number of hydrogen-bond donors (Lipinski definition) is 2. The second kappa shape index (κ2) is 7.27. The van der Waals surface area contributed by atoms with E-state index in [2.05, 4.69) is 16.4 Å². The maximum Gasteiger partial charge on any atom is 0.255 e.